The molecule has 0 aliphatic carbocycles. The van der Waals surface area contributed by atoms with Crippen molar-refractivity contribution >= 4 is 5.91 Å². The fourth-order valence-corrected chi connectivity index (χ4v) is 2.61. The average Bonchev–Trinajstić information content (AvgIpc) is 3.10. The second-order valence-electron chi connectivity index (χ2n) is 5.79. The van der Waals surface area contributed by atoms with Gasteiger partial charge in [0, 0.05) is 19.4 Å². The van der Waals surface area contributed by atoms with Gasteiger partial charge in [-0.3, -0.25) is 20.2 Å². The first-order valence-electron chi connectivity index (χ1n) is 7.91. The molecule has 1 amide bonds. The molecule has 2 aromatic rings. The number of benzene rings is 1. The first kappa shape index (κ1) is 16.4. The number of rotatable bonds is 6. The van der Waals surface area contributed by atoms with E-state index in [2.05, 4.69) is 20.8 Å². The molecule has 24 heavy (non-hydrogen) atoms. The quantitative estimate of drug-likeness (QED) is 0.815. The van der Waals surface area contributed by atoms with Crippen molar-refractivity contribution in [3.05, 3.63) is 54.6 Å². The summed E-state index contributed by atoms with van der Waals surface area (Å²) in [5.41, 5.74) is 6.95. The van der Waals surface area contributed by atoms with Crippen molar-refractivity contribution in [3.8, 4) is 5.75 Å². The number of aromatic nitrogens is 2. The fraction of sp³-hybridized carbons (Fsp3) is 0.353. The van der Waals surface area contributed by atoms with Gasteiger partial charge >= 0.3 is 0 Å². The van der Waals surface area contributed by atoms with Gasteiger partial charge in [0.15, 0.2) is 0 Å². The second kappa shape index (κ2) is 7.85. The van der Waals surface area contributed by atoms with Crippen LogP contribution in [-0.2, 0) is 11.3 Å². The number of nitrogens with zero attached hydrogens (tertiary/aromatic N) is 3. The van der Waals surface area contributed by atoms with Crippen molar-refractivity contribution in [2.75, 3.05) is 13.7 Å². The molecule has 1 aliphatic heterocycles. The number of amides is 1. The first-order chi connectivity index (χ1) is 11.7. The minimum atomic E-state index is -0.268. The first-order valence-corrected chi connectivity index (χ1v) is 7.91. The Morgan fingerprint density at radius 1 is 1.29 bits per heavy atom. The SMILES string of the molecule is CN(Cc1cnccn1)C(=O)C1CC(COc2ccccc2)NN1. The van der Waals surface area contributed by atoms with E-state index in [0.29, 0.717) is 19.6 Å². The summed E-state index contributed by atoms with van der Waals surface area (Å²) in [4.78, 5) is 22.4. The van der Waals surface area contributed by atoms with Crippen LogP contribution in [0.1, 0.15) is 12.1 Å². The van der Waals surface area contributed by atoms with Gasteiger partial charge in [0.05, 0.1) is 24.5 Å². The zero-order valence-corrected chi connectivity index (χ0v) is 13.6. The lowest BCUT2D eigenvalue weighted by Crippen LogP contribution is -2.44. The van der Waals surface area contributed by atoms with E-state index < -0.39 is 0 Å². The van der Waals surface area contributed by atoms with Gasteiger partial charge in [-0.15, -0.1) is 0 Å². The minimum absolute atomic E-state index is 0.0235. The zero-order chi connectivity index (χ0) is 16.8. The zero-order valence-electron chi connectivity index (χ0n) is 13.6. The van der Waals surface area contributed by atoms with E-state index in [1.807, 2.05) is 30.3 Å². The number of hydrazine groups is 1. The van der Waals surface area contributed by atoms with Crippen molar-refractivity contribution in [2.45, 2.75) is 25.0 Å². The second-order valence-corrected chi connectivity index (χ2v) is 5.79. The third-order valence-corrected chi connectivity index (χ3v) is 3.87. The molecule has 0 bridgehead atoms. The van der Waals surface area contributed by atoms with Gasteiger partial charge in [-0.25, -0.2) is 5.43 Å². The Labute approximate surface area is 141 Å². The lowest BCUT2D eigenvalue weighted by molar-refractivity contribution is -0.132. The molecule has 0 radical (unpaired) electrons. The van der Waals surface area contributed by atoms with E-state index in [4.69, 9.17) is 4.74 Å². The predicted molar refractivity (Wildman–Crippen MR) is 88.9 cm³/mol. The predicted octanol–water partition coefficient (Wildman–Crippen LogP) is 0.749. The number of hydrogen-bond acceptors (Lipinski definition) is 6. The van der Waals surface area contributed by atoms with Gasteiger partial charge in [0.1, 0.15) is 18.4 Å². The van der Waals surface area contributed by atoms with E-state index in [1.54, 1.807) is 30.5 Å². The van der Waals surface area contributed by atoms with Gasteiger partial charge in [-0.05, 0) is 18.6 Å². The highest BCUT2D eigenvalue weighted by atomic mass is 16.5. The van der Waals surface area contributed by atoms with Crippen LogP contribution in [0.5, 0.6) is 5.75 Å². The maximum Gasteiger partial charge on any atom is 0.241 e. The van der Waals surface area contributed by atoms with Gasteiger partial charge < -0.3 is 9.64 Å². The highest BCUT2D eigenvalue weighted by molar-refractivity contribution is 5.81. The number of carbonyl (C=O) groups is 1. The molecule has 1 aromatic carbocycles. The molecule has 7 nitrogen and oxygen atoms in total. The van der Waals surface area contributed by atoms with E-state index in [-0.39, 0.29) is 18.0 Å². The molecule has 126 valence electrons. The van der Waals surface area contributed by atoms with Crippen LogP contribution in [0, 0.1) is 0 Å². The van der Waals surface area contributed by atoms with Crippen molar-refractivity contribution < 1.29 is 9.53 Å². The van der Waals surface area contributed by atoms with E-state index in [9.17, 15) is 4.79 Å². The summed E-state index contributed by atoms with van der Waals surface area (Å²) in [5, 5.41) is 0. The maximum absolute atomic E-state index is 12.5. The van der Waals surface area contributed by atoms with Gasteiger partial charge in [0.2, 0.25) is 5.91 Å². The molecule has 2 heterocycles. The average molecular weight is 327 g/mol. The summed E-state index contributed by atoms with van der Waals surface area (Å²) in [5.74, 6) is 0.851. The Balaban J connectivity index is 1.47. The number of likely N-dealkylation sites (N-methyl/N-ethyl adjacent to an activating group) is 1. The van der Waals surface area contributed by atoms with Gasteiger partial charge in [-0.2, -0.15) is 0 Å². The Morgan fingerprint density at radius 2 is 2.12 bits per heavy atom. The molecule has 2 N–H and O–H groups in total. The van der Waals surface area contributed by atoms with Crippen molar-refractivity contribution in [2.24, 2.45) is 0 Å². The van der Waals surface area contributed by atoms with Crippen LogP contribution >= 0.6 is 0 Å². The topological polar surface area (TPSA) is 79.4 Å². The van der Waals surface area contributed by atoms with Crippen LogP contribution in [0.3, 0.4) is 0 Å². The Morgan fingerprint density at radius 3 is 2.88 bits per heavy atom. The van der Waals surface area contributed by atoms with Crippen LogP contribution in [-0.4, -0.2) is 46.5 Å². The van der Waals surface area contributed by atoms with Crippen molar-refractivity contribution in [1.82, 2.24) is 25.7 Å². The summed E-state index contributed by atoms with van der Waals surface area (Å²) < 4.78 is 5.73. The Hall–Kier alpha value is -2.51. The molecule has 2 unspecified atom stereocenters. The standard InChI is InChI=1S/C17H21N5O2/c1-22(11-14-10-18-7-8-19-14)17(23)16-9-13(20-21-16)12-24-15-5-3-2-4-6-15/h2-8,10,13,16,20-21H,9,11-12H2,1H3. The normalized spacial score (nSPS) is 19.9. The number of nitrogens with one attached hydrogen (secondary N) is 2. The molecule has 0 spiro atoms. The highest BCUT2D eigenvalue weighted by Gasteiger charge is 2.31. The van der Waals surface area contributed by atoms with Crippen LogP contribution in [0.4, 0.5) is 0 Å². The molecule has 7 heteroatoms. The Kier molecular flexibility index (Phi) is 5.35. The van der Waals surface area contributed by atoms with Crippen LogP contribution in [0.25, 0.3) is 0 Å². The maximum atomic E-state index is 12.5. The molecular formula is C17H21N5O2. The summed E-state index contributed by atoms with van der Waals surface area (Å²) in [7, 11) is 1.77. The van der Waals surface area contributed by atoms with Crippen LogP contribution in [0.2, 0.25) is 0 Å². The molecular weight excluding hydrogens is 306 g/mol. The van der Waals surface area contributed by atoms with Crippen LogP contribution < -0.4 is 15.6 Å². The Bertz CT molecular complexity index is 653. The lowest BCUT2D eigenvalue weighted by atomic mass is 10.1. The molecule has 2 atom stereocenters. The number of carbonyl (C=O) groups excluding carboxylic acids is 1. The summed E-state index contributed by atoms with van der Waals surface area (Å²) >= 11 is 0. The molecule has 1 saturated heterocycles. The molecule has 1 aromatic heterocycles. The van der Waals surface area contributed by atoms with Crippen molar-refractivity contribution in [3.63, 3.8) is 0 Å². The van der Waals surface area contributed by atoms with Gasteiger partial charge in [-0.1, -0.05) is 18.2 Å². The summed E-state index contributed by atoms with van der Waals surface area (Å²) in [6.45, 7) is 0.949. The van der Waals surface area contributed by atoms with E-state index in [0.717, 1.165) is 11.4 Å². The summed E-state index contributed by atoms with van der Waals surface area (Å²) in [6.07, 6.45) is 5.59. The molecule has 3 rings (SSSR count). The molecule has 0 saturated carbocycles. The number of para-hydroxylation sites is 1. The highest BCUT2D eigenvalue weighted by Crippen LogP contribution is 2.13. The third kappa shape index (κ3) is 4.27. The van der Waals surface area contributed by atoms with Gasteiger partial charge in [0.25, 0.3) is 0 Å². The van der Waals surface area contributed by atoms with Crippen LogP contribution in [0.15, 0.2) is 48.9 Å². The molecule has 1 fully saturated rings. The van der Waals surface area contributed by atoms with E-state index in [1.165, 1.54) is 0 Å². The number of ether oxygens (including phenoxy) is 1. The monoisotopic (exact) mass is 327 g/mol. The van der Waals surface area contributed by atoms with E-state index >= 15 is 0 Å². The summed E-state index contributed by atoms with van der Waals surface area (Å²) in [6, 6.07) is 9.47. The molecule has 1 aliphatic rings. The lowest BCUT2D eigenvalue weighted by Gasteiger charge is -2.20. The minimum Gasteiger partial charge on any atom is -0.492 e. The largest absolute Gasteiger partial charge is 0.492 e. The smallest absolute Gasteiger partial charge is 0.241 e. The van der Waals surface area contributed by atoms with Crippen molar-refractivity contribution in [1.29, 1.82) is 0 Å². The number of hydrogen-bond donors (Lipinski definition) is 2. The third-order valence-electron chi connectivity index (χ3n) is 3.87. The fourth-order valence-electron chi connectivity index (χ4n) is 2.61.